The fourth-order valence-corrected chi connectivity index (χ4v) is 2.25. The Morgan fingerprint density at radius 2 is 2.00 bits per heavy atom. The Kier molecular flexibility index (Phi) is 2.38. The molecule has 2 rings (SSSR count). The SMILES string of the molecule is Cc1cnc(C2CCCCC2)n1C. The lowest BCUT2D eigenvalue weighted by Gasteiger charge is -2.21. The van der Waals surface area contributed by atoms with Crippen molar-refractivity contribution in [2.24, 2.45) is 7.05 Å². The predicted octanol–water partition coefficient (Wildman–Crippen LogP) is 2.78. The van der Waals surface area contributed by atoms with E-state index >= 15 is 0 Å². The molecular formula is C11H18N2. The Balaban J connectivity index is 2.18. The van der Waals surface area contributed by atoms with Crippen molar-refractivity contribution in [2.75, 3.05) is 0 Å². The van der Waals surface area contributed by atoms with Gasteiger partial charge in [-0.3, -0.25) is 0 Å². The van der Waals surface area contributed by atoms with E-state index in [9.17, 15) is 0 Å². The van der Waals surface area contributed by atoms with Crippen LogP contribution in [0.5, 0.6) is 0 Å². The standard InChI is InChI=1S/C11H18N2/c1-9-8-12-11(13(9)2)10-6-4-3-5-7-10/h8,10H,3-7H2,1-2H3. The molecule has 13 heavy (non-hydrogen) atoms. The van der Waals surface area contributed by atoms with Crippen LogP contribution >= 0.6 is 0 Å². The Labute approximate surface area is 80.0 Å². The summed E-state index contributed by atoms with van der Waals surface area (Å²) in [5.41, 5.74) is 1.28. The number of nitrogens with zero attached hydrogens (tertiary/aromatic N) is 2. The average molecular weight is 178 g/mol. The van der Waals surface area contributed by atoms with E-state index in [0.717, 1.165) is 5.92 Å². The molecule has 1 aliphatic carbocycles. The first-order valence-corrected chi connectivity index (χ1v) is 5.27. The maximum Gasteiger partial charge on any atom is 0.111 e. The van der Waals surface area contributed by atoms with E-state index in [0.29, 0.717) is 0 Å². The van der Waals surface area contributed by atoms with E-state index in [1.165, 1.54) is 43.6 Å². The third-order valence-corrected chi connectivity index (χ3v) is 3.23. The Hall–Kier alpha value is -0.790. The van der Waals surface area contributed by atoms with Crippen LogP contribution in [-0.2, 0) is 7.05 Å². The van der Waals surface area contributed by atoms with Gasteiger partial charge in [-0.2, -0.15) is 0 Å². The largest absolute Gasteiger partial charge is 0.335 e. The van der Waals surface area contributed by atoms with E-state index < -0.39 is 0 Å². The highest BCUT2D eigenvalue weighted by atomic mass is 15.1. The third-order valence-electron chi connectivity index (χ3n) is 3.23. The summed E-state index contributed by atoms with van der Waals surface area (Å²) >= 11 is 0. The smallest absolute Gasteiger partial charge is 0.111 e. The molecule has 1 heterocycles. The van der Waals surface area contributed by atoms with Gasteiger partial charge >= 0.3 is 0 Å². The lowest BCUT2D eigenvalue weighted by molar-refractivity contribution is 0.421. The maximum absolute atomic E-state index is 4.50. The van der Waals surface area contributed by atoms with Gasteiger partial charge in [-0.15, -0.1) is 0 Å². The van der Waals surface area contributed by atoms with E-state index in [-0.39, 0.29) is 0 Å². The quantitative estimate of drug-likeness (QED) is 0.646. The van der Waals surface area contributed by atoms with Gasteiger partial charge in [0.1, 0.15) is 5.82 Å². The van der Waals surface area contributed by atoms with E-state index in [1.807, 2.05) is 6.20 Å². The van der Waals surface area contributed by atoms with Crippen molar-refractivity contribution < 1.29 is 0 Å². The second-order valence-electron chi connectivity index (χ2n) is 4.15. The molecule has 1 aliphatic rings. The van der Waals surface area contributed by atoms with Gasteiger partial charge in [0.05, 0.1) is 0 Å². The highest BCUT2D eigenvalue weighted by Gasteiger charge is 2.19. The van der Waals surface area contributed by atoms with Crippen molar-refractivity contribution in [3.63, 3.8) is 0 Å². The molecule has 1 aromatic heterocycles. The van der Waals surface area contributed by atoms with E-state index in [1.54, 1.807) is 0 Å². The Morgan fingerprint density at radius 3 is 2.54 bits per heavy atom. The average Bonchev–Trinajstić information content (AvgIpc) is 2.49. The number of hydrogen-bond acceptors (Lipinski definition) is 1. The van der Waals surface area contributed by atoms with Crippen LogP contribution in [-0.4, -0.2) is 9.55 Å². The van der Waals surface area contributed by atoms with E-state index in [2.05, 4.69) is 23.5 Å². The van der Waals surface area contributed by atoms with Crippen LogP contribution in [0.1, 0.15) is 49.5 Å². The monoisotopic (exact) mass is 178 g/mol. The predicted molar refractivity (Wildman–Crippen MR) is 53.8 cm³/mol. The highest BCUT2D eigenvalue weighted by Crippen LogP contribution is 2.31. The third kappa shape index (κ3) is 1.62. The van der Waals surface area contributed by atoms with Gasteiger partial charge < -0.3 is 4.57 Å². The molecular weight excluding hydrogens is 160 g/mol. The van der Waals surface area contributed by atoms with Gasteiger partial charge in [0.15, 0.2) is 0 Å². The van der Waals surface area contributed by atoms with Crippen LogP contribution in [0.4, 0.5) is 0 Å². The van der Waals surface area contributed by atoms with Crippen LogP contribution < -0.4 is 0 Å². The van der Waals surface area contributed by atoms with Crippen molar-refractivity contribution in [1.29, 1.82) is 0 Å². The molecule has 72 valence electrons. The van der Waals surface area contributed by atoms with Crippen LogP contribution in [0.3, 0.4) is 0 Å². The molecule has 0 aromatic carbocycles. The van der Waals surface area contributed by atoms with Crippen molar-refractivity contribution in [3.8, 4) is 0 Å². The lowest BCUT2D eigenvalue weighted by Crippen LogP contribution is -2.10. The number of aromatic nitrogens is 2. The number of aryl methyl sites for hydroxylation is 1. The van der Waals surface area contributed by atoms with Crippen molar-refractivity contribution in [1.82, 2.24) is 9.55 Å². The molecule has 2 nitrogen and oxygen atoms in total. The van der Waals surface area contributed by atoms with E-state index in [4.69, 9.17) is 0 Å². The summed E-state index contributed by atoms with van der Waals surface area (Å²) in [6, 6.07) is 0. The highest BCUT2D eigenvalue weighted by molar-refractivity contribution is 5.07. The molecule has 0 saturated heterocycles. The second-order valence-corrected chi connectivity index (χ2v) is 4.15. The summed E-state index contributed by atoms with van der Waals surface area (Å²) in [5.74, 6) is 2.03. The van der Waals surface area contributed by atoms with Crippen molar-refractivity contribution in [3.05, 3.63) is 17.7 Å². The van der Waals surface area contributed by atoms with Gasteiger partial charge in [-0.05, 0) is 19.8 Å². The number of imidazole rings is 1. The maximum atomic E-state index is 4.50. The van der Waals surface area contributed by atoms with Gasteiger partial charge in [0.25, 0.3) is 0 Å². The normalized spacial score (nSPS) is 19.2. The zero-order valence-electron chi connectivity index (χ0n) is 8.58. The zero-order valence-corrected chi connectivity index (χ0v) is 8.58. The number of hydrogen-bond donors (Lipinski definition) is 0. The molecule has 0 spiro atoms. The molecule has 0 bridgehead atoms. The summed E-state index contributed by atoms with van der Waals surface area (Å²) in [7, 11) is 2.13. The molecule has 0 unspecified atom stereocenters. The molecule has 2 heteroatoms. The van der Waals surface area contributed by atoms with Gasteiger partial charge in [0, 0.05) is 24.9 Å². The first-order valence-electron chi connectivity index (χ1n) is 5.27. The van der Waals surface area contributed by atoms with Crippen LogP contribution in [0.15, 0.2) is 6.20 Å². The molecule has 0 aliphatic heterocycles. The van der Waals surface area contributed by atoms with Crippen LogP contribution in [0.2, 0.25) is 0 Å². The molecule has 0 radical (unpaired) electrons. The van der Waals surface area contributed by atoms with Crippen molar-refractivity contribution in [2.45, 2.75) is 44.9 Å². The molecule has 1 aromatic rings. The summed E-state index contributed by atoms with van der Waals surface area (Å²) < 4.78 is 2.25. The molecule has 0 amide bonds. The minimum absolute atomic E-state index is 0.729. The van der Waals surface area contributed by atoms with Gasteiger partial charge in [-0.1, -0.05) is 19.3 Å². The summed E-state index contributed by atoms with van der Waals surface area (Å²) in [5, 5.41) is 0. The lowest BCUT2D eigenvalue weighted by atomic mass is 9.89. The van der Waals surface area contributed by atoms with Crippen molar-refractivity contribution >= 4 is 0 Å². The molecule has 1 saturated carbocycles. The van der Waals surface area contributed by atoms with Gasteiger partial charge in [-0.25, -0.2) is 4.98 Å². The zero-order chi connectivity index (χ0) is 9.26. The first-order chi connectivity index (χ1) is 6.29. The summed E-state index contributed by atoms with van der Waals surface area (Å²) in [4.78, 5) is 4.50. The molecule has 0 atom stereocenters. The minimum Gasteiger partial charge on any atom is -0.335 e. The molecule has 1 fully saturated rings. The summed E-state index contributed by atoms with van der Waals surface area (Å²) in [6.07, 6.45) is 8.85. The fraction of sp³-hybridized carbons (Fsp3) is 0.727. The Morgan fingerprint density at radius 1 is 1.31 bits per heavy atom. The second kappa shape index (κ2) is 3.52. The number of rotatable bonds is 1. The van der Waals surface area contributed by atoms with Crippen LogP contribution in [0.25, 0.3) is 0 Å². The topological polar surface area (TPSA) is 17.8 Å². The fourth-order valence-electron chi connectivity index (χ4n) is 2.25. The molecule has 0 N–H and O–H groups in total. The minimum atomic E-state index is 0.729. The van der Waals surface area contributed by atoms with Crippen LogP contribution in [0, 0.1) is 6.92 Å². The first kappa shape index (κ1) is 8.79. The summed E-state index contributed by atoms with van der Waals surface area (Å²) in [6.45, 7) is 2.12. The van der Waals surface area contributed by atoms with Gasteiger partial charge in [0.2, 0.25) is 0 Å². The Bertz CT molecular complexity index is 282.